The molecule has 0 radical (unpaired) electrons. The summed E-state index contributed by atoms with van der Waals surface area (Å²) in [5, 5.41) is 0. The van der Waals surface area contributed by atoms with Crippen LogP contribution in [-0.4, -0.2) is 17.5 Å². The third kappa shape index (κ3) is 3.05. The van der Waals surface area contributed by atoms with Gasteiger partial charge in [-0.25, -0.2) is 4.39 Å². The Morgan fingerprint density at radius 2 is 2.19 bits per heavy atom. The second-order valence-corrected chi connectivity index (χ2v) is 5.29. The summed E-state index contributed by atoms with van der Waals surface area (Å²) in [6.07, 6.45) is 3.81. The SMILES string of the molecule is CCCN(Cc1ccc(F)cc1Br)C1CC1. The molecule has 2 rings (SSSR count). The fourth-order valence-electron chi connectivity index (χ4n) is 1.99. The van der Waals surface area contributed by atoms with Crippen molar-refractivity contribution in [1.82, 2.24) is 4.90 Å². The first-order valence-corrected chi connectivity index (χ1v) is 6.68. The molecule has 16 heavy (non-hydrogen) atoms. The zero-order valence-electron chi connectivity index (χ0n) is 9.55. The Hall–Kier alpha value is -0.410. The molecule has 0 unspecified atom stereocenters. The quantitative estimate of drug-likeness (QED) is 0.792. The van der Waals surface area contributed by atoms with Crippen molar-refractivity contribution in [2.24, 2.45) is 0 Å². The molecule has 3 heteroatoms. The standard InChI is InChI=1S/C13H17BrFN/c1-2-7-16(12-5-6-12)9-10-3-4-11(15)8-13(10)14/h3-4,8,12H,2,5-7,9H2,1H3. The predicted molar refractivity (Wildman–Crippen MR) is 67.8 cm³/mol. The Morgan fingerprint density at radius 1 is 1.44 bits per heavy atom. The first kappa shape index (κ1) is 12.1. The monoisotopic (exact) mass is 285 g/mol. The molecule has 0 heterocycles. The second kappa shape index (κ2) is 5.28. The fraction of sp³-hybridized carbons (Fsp3) is 0.538. The molecule has 0 aliphatic heterocycles. The normalized spacial score (nSPS) is 15.8. The Balaban J connectivity index is 2.05. The van der Waals surface area contributed by atoms with E-state index in [1.807, 2.05) is 6.07 Å². The molecule has 1 aromatic rings. The Labute approximate surface area is 105 Å². The third-order valence-corrected chi connectivity index (χ3v) is 3.70. The van der Waals surface area contributed by atoms with Crippen LogP contribution in [0.15, 0.2) is 22.7 Å². The van der Waals surface area contributed by atoms with Crippen molar-refractivity contribution in [2.45, 2.75) is 38.8 Å². The predicted octanol–water partition coefficient (Wildman–Crippen LogP) is 3.96. The molecule has 1 aromatic carbocycles. The first-order valence-electron chi connectivity index (χ1n) is 5.88. The van der Waals surface area contributed by atoms with Gasteiger partial charge in [-0.3, -0.25) is 4.90 Å². The summed E-state index contributed by atoms with van der Waals surface area (Å²) in [5.74, 6) is -0.177. The summed E-state index contributed by atoms with van der Waals surface area (Å²) in [7, 11) is 0. The lowest BCUT2D eigenvalue weighted by atomic mass is 10.2. The molecule has 0 saturated heterocycles. The van der Waals surface area contributed by atoms with Crippen LogP contribution in [0.4, 0.5) is 4.39 Å². The van der Waals surface area contributed by atoms with E-state index in [1.54, 1.807) is 6.07 Å². The maximum absolute atomic E-state index is 13.0. The highest BCUT2D eigenvalue weighted by molar-refractivity contribution is 9.10. The number of halogens is 2. The van der Waals surface area contributed by atoms with Crippen LogP contribution in [0.2, 0.25) is 0 Å². The van der Waals surface area contributed by atoms with E-state index >= 15 is 0 Å². The van der Waals surface area contributed by atoms with E-state index in [4.69, 9.17) is 0 Å². The number of rotatable bonds is 5. The second-order valence-electron chi connectivity index (χ2n) is 4.44. The molecule has 1 saturated carbocycles. The average Bonchev–Trinajstić information content (AvgIpc) is 3.04. The zero-order chi connectivity index (χ0) is 11.5. The van der Waals surface area contributed by atoms with E-state index in [0.717, 1.165) is 23.6 Å². The largest absolute Gasteiger partial charge is 0.296 e. The zero-order valence-corrected chi connectivity index (χ0v) is 11.1. The topological polar surface area (TPSA) is 3.24 Å². The summed E-state index contributed by atoms with van der Waals surface area (Å²) in [6.45, 7) is 4.27. The van der Waals surface area contributed by atoms with Crippen LogP contribution >= 0.6 is 15.9 Å². The van der Waals surface area contributed by atoms with Gasteiger partial charge in [0.1, 0.15) is 5.82 Å². The van der Waals surface area contributed by atoms with Crippen molar-refractivity contribution in [3.8, 4) is 0 Å². The van der Waals surface area contributed by atoms with Gasteiger partial charge in [0.15, 0.2) is 0 Å². The van der Waals surface area contributed by atoms with Crippen molar-refractivity contribution in [3.05, 3.63) is 34.1 Å². The first-order chi connectivity index (χ1) is 7.70. The van der Waals surface area contributed by atoms with Crippen molar-refractivity contribution in [2.75, 3.05) is 6.54 Å². The van der Waals surface area contributed by atoms with Gasteiger partial charge in [0.2, 0.25) is 0 Å². The molecular weight excluding hydrogens is 269 g/mol. The highest BCUT2D eigenvalue weighted by Crippen LogP contribution is 2.30. The van der Waals surface area contributed by atoms with E-state index in [2.05, 4.69) is 27.8 Å². The highest BCUT2D eigenvalue weighted by atomic mass is 79.9. The third-order valence-electron chi connectivity index (χ3n) is 2.96. The molecule has 1 fully saturated rings. The van der Waals surface area contributed by atoms with E-state index in [1.165, 1.54) is 30.9 Å². The molecule has 0 N–H and O–H groups in total. The van der Waals surface area contributed by atoms with E-state index in [0.29, 0.717) is 0 Å². The van der Waals surface area contributed by atoms with Crippen LogP contribution in [-0.2, 0) is 6.54 Å². The van der Waals surface area contributed by atoms with Crippen LogP contribution in [0.1, 0.15) is 31.7 Å². The van der Waals surface area contributed by atoms with Crippen molar-refractivity contribution in [3.63, 3.8) is 0 Å². The summed E-state index contributed by atoms with van der Waals surface area (Å²) in [5.41, 5.74) is 1.18. The molecule has 0 aromatic heterocycles. The molecule has 88 valence electrons. The van der Waals surface area contributed by atoms with Crippen LogP contribution in [0.3, 0.4) is 0 Å². The van der Waals surface area contributed by atoms with Crippen molar-refractivity contribution < 1.29 is 4.39 Å². The molecule has 1 aliphatic carbocycles. The molecule has 0 spiro atoms. The van der Waals surface area contributed by atoms with Gasteiger partial charge in [0.25, 0.3) is 0 Å². The van der Waals surface area contributed by atoms with Crippen LogP contribution in [0.25, 0.3) is 0 Å². The van der Waals surface area contributed by atoms with Crippen LogP contribution in [0.5, 0.6) is 0 Å². The van der Waals surface area contributed by atoms with Gasteiger partial charge in [-0.05, 0) is 43.5 Å². The van der Waals surface area contributed by atoms with Crippen molar-refractivity contribution >= 4 is 15.9 Å². The average molecular weight is 286 g/mol. The van der Waals surface area contributed by atoms with Crippen LogP contribution < -0.4 is 0 Å². The smallest absolute Gasteiger partial charge is 0.124 e. The molecular formula is C13H17BrFN. The number of benzene rings is 1. The van der Waals surface area contributed by atoms with Gasteiger partial charge >= 0.3 is 0 Å². The fourth-order valence-corrected chi connectivity index (χ4v) is 2.46. The lowest BCUT2D eigenvalue weighted by Crippen LogP contribution is -2.26. The van der Waals surface area contributed by atoms with E-state index < -0.39 is 0 Å². The highest BCUT2D eigenvalue weighted by Gasteiger charge is 2.28. The number of hydrogen-bond acceptors (Lipinski definition) is 1. The molecule has 1 aliphatic rings. The Bertz CT molecular complexity index is 363. The summed E-state index contributed by atoms with van der Waals surface area (Å²) in [4.78, 5) is 2.50. The molecule has 1 nitrogen and oxygen atoms in total. The maximum atomic E-state index is 13.0. The maximum Gasteiger partial charge on any atom is 0.124 e. The molecule has 0 amide bonds. The van der Waals surface area contributed by atoms with Crippen molar-refractivity contribution in [1.29, 1.82) is 0 Å². The van der Waals surface area contributed by atoms with Gasteiger partial charge in [-0.1, -0.05) is 28.9 Å². The van der Waals surface area contributed by atoms with Gasteiger partial charge in [0, 0.05) is 17.1 Å². The number of hydrogen-bond donors (Lipinski definition) is 0. The summed E-state index contributed by atoms with van der Waals surface area (Å²) < 4.78 is 13.8. The Morgan fingerprint density at radius 3 is 2.75 bits per heavy atom. The van der Waals surface area contributed by atoms with Crippen LogP contribution in [0, 0.1) is 5.82 Å². The van der Waals surface area contributed by atoms with E-state index in [9.17, 15) is 4.39 Å². The minimum atomic E-state index is -0.177. The number of nitrogens with zero attached hydrogens (tertiary/aromatic N) is 1. The lowest BCUT2D eigenvalue weighted by molar-refractivity contribution is 0.255. The van der Waals surface area contributed by atoms with Gasteiger partial charge in [0.05, 0.1) is 0 Å². The van der Waals surface area contributed by atoms with Gasteiger partial charge in [-0.15, -0.1) is 0 Å². The Kier molecular flexibility index (Phi) is 3.98. The van der Waals surface area contributed by atoms with E-state index in [-0.39, 0.29) is 5.82 Å². The molecule has 0 atom stereocenters. The lowest BCUT2D eigenvalue weighted by Gasteiger charge is -2.21. The molecule has 0 bridgehead atoms. The summed E-state index contributed by atoms with van der Waals surface area (Å²) in [6, 6.07) is 5.73. The minimum absolute atomic E-state index is 0.177. The van der Waals surface area contributed by atoms with Gasteiger partial charge in [-0.2, -0.15) is 0 Å². The summed E-state index contributed by atoms with van der Waals surface area (Å²) >= 11 is 3.43. The minimum Gasteiger partial charge on any atom is -0.296 e. The van der Waals surface area contributed by atoms with Gasteiger partial charge < -0.3 is 0 Å².